The normalized spacial score (nSPS) is 43.2. The zero-order valence-corrected chi connectivity index (χ0v) is 21.6. The van der Waals surface area contributed by atoms with Gasteiger partial charge in [0.25, 0.3) is 6.47 Å². The quantitative estimate of drug-likeness (QED) is 0.296. The molecule has 0 unspecified atom stereocenters. The van der Waals surface area contributed by atoms with E-state index in [9.17, 15) is 4.79 Å². The Morgan fingerprint density at radius 3 is 2.53 bits per heavy atom. The number of carbonyl (C=O) groups excluding carboxylic acids is 1. The van der Waals surface area contributed by atoms with Gasteiger partial charge >= 0.3 is 0 Å². The number of hydrogen-bond donors (Lipinski definition) is 0. The van der Waals surface area contributed by atoms with Crippen molar-refractivity contribution in [2.24, 2.45) is 52.3 Å². The number of fused-ring (bicyclic) bond motifs is 5. The minimum atomic E-state index is 0.110. The number of rotatable bonds is 7. The van der Waals surface area contributed by atoms with Crippen molar-refractivity contribution < 1.29 is 9.53 Å². The molecule has 9 atom stereocenters. The van der Waals surface area contributed by atoms with Crippen LogP contribution in [0, 0.1) is 52.3 Å². The minimum absolute atomic E-state index is 0.110. The van der Waals surface area contributed by atoms with Crippen molar-refractivity contribution in [3.8, 4) is 0 Å². The second kappa shape index (κ2) is 9.30. The Morgan fingerprint density at radius 2 is 1.84 bits per heavy atom. The third kappa shape index (κ3) is 4.03. The Labute approximate surface area is 197 Å². The van der Waals surface area contributed by atoms with Crippen LogP contribution in [0.25, 0.3) is 0 Å². The molecule has 0 aliphatic heterocycles. The Kier molecular flexibility index (Phi) is 7.00. The summed E-state index contributed by atoms with van der Waals surface area (Å²) in [5, 5.41) is 0. The smallest absolute Gasteiger partial charge is 0.293 e. The Morgan fingerprint density at radius 1 is 1.06 bits per heavy atom. The highest BCUT2D eigenvalue weighted by Gasteiger charge is 2.59. The Bertz CT molecular complexity index is 735. The monoisotopic (exact) mass is 440 g/mol. The first kappa shape index (κ1) is 24.1. The van der Waals surface area contributed by atoms with Crippen molar-refractivity contribution in [2.75, 3.05) is 0 Å². The second-order valence-electron chi connectivity index (χ2n) is 12.6. The lowest BCUT2D eigenvalue weighted by molar-refractivity contribution is -0.136. The standard InChI is InChI=1S/C30H48O2/c1-7-22(20(2)3)9-8-21(4)26-12-13-27-25-11-10-23-18-24(32-19-31)14-16-29(23,5)28(25)15-17-30(26,27)6/h8-10,19-22,24-28H,7,11-18H2,1-6H3/b9-8+/t21-,22-,24+,25+,26-,27+,28+,29+,30-/m1/s1. The first-order valence-corrected chi connectivity index (χ1v) is 13.7. The fraction of sp³-hybridized carbons (Fsp3) is 0.833. The van der Waals surface area contributed by atoms with Crippen molar-refractivity contribution in [3.05, 3.63) is 23.8 Å². The maximum Gasteiger partial charge on any atom is 0.293 e. The summed E-state index contributed by atoms with van der Waals surface area (Å²) < 4.78 is 5.37. The Balaban J connectivity index is 1.50. The summed E-state index contributed by atoms with van der Waals surface area (Å²) in [6.07, 6.45) is 19.2. The number of hydrogen-bond acceptors (Lipinski definition) is 2. The topological polar surface area (TPSA) is 26.3 Å². The molecule has 0 amide bonds. The largest absolute Gasteiger partial charge is 0.464 e. The zero-order valence-electron chi connectivity index (χ0n) is 21.6. The molecule has 4 aliphatic carbocycles. The first-order chi connectivity index (χ1) is 15.2. The lowest BCUT2D eigenvalue weighted by Gasteiger charge is -2.58. The van der Waals surface area contributed by atoms with E-state index in [-0.39, 0.29) is 6.10 Å². The highest BCUT2D eigenvalue weighted by atomic mass is 16.5. The van der Waals surface area contributed by atoms with Crippen molar-refractivity contribution >= 4 is 6.47 Å². The lowest BCUT2D eigenvalue weighted by atomic mass is 9.47. The predicted octanol–water partition coefficient (Wildman–Crippen LogP) is 7.98. The van der Waals surface area contributed by atoms with Gasteiger partial charge in [-0.05, 0) is 104 Å². The van der Waals surface area contributed by atoms with Gasteiger partial charge in [-0.15, -0.1) is 0 Å². The van der Waals surface area contributed by atoms with E-state index in [1.165, 1.54) is 44.9 Å². The van der Waals surface area contributed by atoms with Gasteiger partial charge in [-0.3, -0.25) is 4.79 Å². The molecule has 0 spiro atoms. The molecule has 3 fully saturated rings. The summed E-state index contributed by atoms with van der Waals surface area (Å²) in [4.78, 5) is 10.9. The minimum Gasteiger partial charge on any atom is -0.464 e. The van der Waals surface area contributed by atoms with Crippen LogP contribution in [0.3, 0.4) is 0 Å². The molecule has 0 aromatic carbocycles. The van der Waals surface area contributed by atoms with Crippen LogP contribution in [0.1, 0.15) is 99.3 Å². The molecule has 180 valence electrons. The van der Waals surface area contributed by atoms with Crippen LogP contribution in [0.5, 0.6) is 0 Å². The third-order valence-corrected chi connectivity index (χ3v) is 11.0. The molecule has 2 nitrogen and oxygen atoms in total. The molecule has 0 aromatic rings. The average Bonchev–Trinajstić information content (AvgIpc) is 3.11. The number of ether oxygens (including phenoxy) is 1. The maximum absolute atomic E-state index is 10.9. The molecule has 0 bridgehead atoms. The molecule has 4 rings (SSSR count). The van der Waals surface area contributed by atoms with Gasteiger partial charge in [0.15, 0.2) is 0 Å². The summed E-state index contributed by atoms with van der Waals surface area (Å²) >= 11 is 0. The van der Waals surface area contributed by atoms with Crippen LogP contribution >= 0.6 is 0 Å². The summed E-state index contributed by atoms with van der Waals surface area (Å²) in [6.45, 7) is 15.4. The van der Waals surface area contributed by atoms with Crippen LogP contribution in [0.15, 0.2) is 23.8 Å². The fourth-order valence-corrected chi connectivity index (χ4v) is 9.01. The van der Waals surface area contributed by atoms with Crippen LogP contribution in [-0.2, 0) is 9.53 Å². The molecule has 0 N–H and O–H groups in total. The Hall–Kier alpha value is -1.05. The molecule has 0 radical (unpaired) electrons. The van der Waals surface area contributed by atoms with Gasteiger partial charge in [0.1, 0.15) is 6.10 Å². The lowest BCUT2D eigenvalue weighted by Crippen LogP contribution is -2.50. The molecule has 2 heteroatoms. The van der Waals surface area contributed by atoms with Gasteiger partial charge in [0, 0.05) is 6.42 Å². The van der Waals surface area contributed by atoms with E-state index in [0.717, 1.165) is 48.3 Å². The van der Waals surface area contributed by atoms with E-state index in [4.69, 9.17) is 4.74 Å². The summed E-state index contributed by atoms with van der Waals surface area (Å²) in [6, 6.07) is 0. The first-order valence-electron chi connectivity index (χ1n) is 13.7. The van der Waals surface area contributed by atoms with Crippen LogP contribution in [-0.4, -0.2) is 12.6 Å². The molecular weight excluding hydrogens is 392 g/mol. The van der Waals surface area contributed by atoms with E-state index in [1.54, 1.807) is 5.57 Å². The van der Waals surface area contributed by atoms with Crippen LogP contribution < -0.4 is 0 Å². The summed E-state index contributed by atoms with van der Waals surface area (Å²) in [5.41, 5.74) is 2.44. The third-order valence-electron chi connectivity index (χ3n) is 11.0. The summed E-state index contributed by atoms with van der Waals surface area (Å²) in [5.74, 6) is 5.55. The number of carbonyl (C=O) groups is 1. The fourth-order valence-electron chi connectivity index (χ4n) is 9.01. The van der Waals surface area contributed by atoms with Gasteiger partial charge < -0.3 is 4.74 Å². The average molecular weight is 441 g/mol. The predicted molar refractivity (Wildman–Crippen MR) is 133 cm³/mol. The highest BCUT2D eigenvalue weighted by molar-refractivity contribution is 5.38. The molecule has 0 aromatic heterocycles. The molecule has 0 saturated heterocycles. The van der Waals surface area contributed by atoms with E-state index >= 15 is 0 Å². The maximum atomic E-state index is 10.9. The second-order valence-corrected chi connectivity index (χ2v) is 12.6. The molecular formula is C30H48O2. The number of allylic oxidation sites excluding steroid dienone is 3. The molecule has 32 heavy (non-hydrogen) atoms. The van der Waals surface area contributed by atoms with Crippen molar-refractivity contribution in [1.29, 1.82) is 0 Å². The van der Waals surface area contributed by atoms with E-state index < -0.39 is 0 Å². The van der Waals surface area contributed by atoms with Gasteiger partial charge in [-0.2, -0.15) is 0 Å². The van der Waals surface area contributed by atoms with Crippen molar-refractivity contribution in [2.45, 2.75) is 105 Å². The van der Waals surface area contributed by atoms with Crippen molar-refractivity contribution in [1.82, 2.24) is 0 Å². The van der Waals surface area contributed by atoms with E-state index in [0.29, 0.717) is 23.2 Å². The van der Waals surface area contributed by atoms with Crippen molar-refractivity contribution in [3.63, 3.8) is 0 Å². The molecule has 3 saturated carbocycles. The SMILES string of the molecule is CC[C@H](/C=C/[C@@H](C)[C@H]1CC[C@H]2[C@@H]3CC=C4C[C@@H](OC=O)CC[C@]4(C)[C@H]3CC[C@]12C)C(C)C. The van der Waals surface area contributed by atoms with Gasteiger partial charge in [-0.1, -0.05) is 65.3 Å². The van der Waals surface area contributed by atoms with Gasteiger partial charge in [0.2, 0.25) is 0 Å². The van der Waals surface area contributed by atoms with E-state index in [2.05, 4.69) is 59.8 Å². The van der Waals surface area contributed by atoms with Crippen LogP contribution in [0.2, 0.25) is 0 Å². The van der Waals surface area contributed by atoms with Gasteiger partial charge in [0.05, 0.1) is 0 Å². The van der Waals surface area contributed by atoms with E-state index in [1.807, 2.05) is 0 Å². The van der Waals surface area contributed by atoms with Crippen LogP contribution in [0.4, 0.5) is 0 Å². The molecule has 0 heterocycles. The highest BCUT2D eigenvalue weighted by Crippen LogP contribution is 2.67. The molecule has 4 aliphatic rings. The summed E-state index contributed by atoms with van der Waals surface area (Å²) in [7, 11) is 0. The zero-order chi connectivity index (χ0) is 23.1. The van der Waals surface area contributed by atoms with Gasteiger partial charge in [-0.25, -0.2) is 0 Å².